The van der Waals surface area contributed by atoms with Gasteiger partial charge in [0.25, 0.3) is 0 Å². The molecule has 0 aromatic heterocycles. The molecule has 1 fully saturated rings. The maximum atomic E-state index is 11.7. The fourth-order valence-electron chi connectivity index (χ4n) is 2.20. The molecule has 1 heterocycles. The first-order chi connectivity index (χ1) is 9.00. The number of carbonyl (C=O) groups excluding carboxylic acids is 1. The van der Waals surface area contributed by atoms with Gasteiger partial charge in [-0.1, -0.05) is 40.9 Å². The maximum absolute atomic E-state index is 11.7. The predicted octanol–water partition coefficient (Wildman–Crippen LogP) is 3.58. The van der Waals surface area contributed by atoms with E-state index >= 15 is 0 Å². The molecule has 1 aromatic rings. The maximum Gasteiger partial charge on any atom is 0.237 e. The molecule has 0 aliphatic carbocycles. The summed E-state index contributed by atoms with van der Waals surface area (Å²) in [5.74, 6) is 0.0364. The third kappa shape index (κ3) is 3.34. The van der Waals surface area contributed by atoms with Gasteiger partial charge in [-0.2, -0.15) is 0 Å². The van der Waals surface area contributed by atoms with Gasteiger partial charge in [0, 0.05) is 12.6 Å². The monoisotopic (exact) mass is 320 g/mol. The van der Waals surface area contributed by atoms with Crippen molar-refractivity contribution in [2.75, 3.05) is 6.54 Å². The Morgan fingerprint density at radius 3 is 2.74 bits per heavy atom. The van der Waals surface area contributed by atoms with Gasteiger partial charge in [-0.3, -0.25) is 10.1 Å². The topological polar surface area (TPSA) is 41.1 Å². The largest absolute Gasteiger partial charge is 0.355 e. The molecule has 3 nitrogen and oxygen atoms in total. The van der Waals surface area contributed by atoms with Crippen molar-refractivity contribution in [3.05, 3.63) is 32.8 Å². The quantitative estimate of drug-likeness (QED) is 0.836. The molecule has 19 heavy (non-hydrogen) atoms. The van der Waals surface area contributed by atoms with E-state index in [4.69, 9.17) is 34.8 Å². The minimum Gasteiger partial charge on any atom is -0.355 e. The number of rotatable bonds is 3. The zero-order valence-corrected chi connectivity index (χ0v) is 12.7. The molecule has 2 N–H and O–H groups in total. The highest BCUT2D eigenvalue weighted by molar-refractivity contribution is 6.48. The van der Waals surface area contributed by atoms with Crippen LogP contribution in [0.15, 0.2) is 12.1 Å². The van der Waals surface area contributed by atoms with Gasteiger partial charge in [-0.25, -0.2) is 0 Å². The summed E-state index contributed by atoms with van der Waals surface area (Å²) in [5, 5.41) is 7.33. The second kappa shape index (κ2) is 6.31. The van der Waals surface area contributed by atoms with Crippen molar-refractivity contribution in [3.63, 3.8) is 0 Å². The first-order valence-corrected chi connectivity index (χ1v) is 7.31. The number of amides is 1. The molecular weight excluding hydrogens is 307 g/mol. The molecule has 6 heteroatoms. The van der Waals surface area contributed by atoms with Gasteiger partial charge in [0.1, 0.15) is 0 Å². The number of nitrogens with one attached hydrogen (secondary N) is 2. The number of hydrogen-bond donors (Lipinski definition) is 2. The SMILES string of the molecule is CC(NC1CCCNC1=O)c1ccc(Cl)c(Cl)c1Cl. The minimum absolute atomic E-state index is 0.0364. The highest BCUT2D eigenvalue weighted by atomic mass is 35.5. The zero-order valence-electron chi connectivity index (χ0n) is 10.5. The smallest absolute Gasteiger partial charge is 0.237 e. The normalized spacial score (nSPS) is 21.1. The second-order valence-corrected chi connectivity index (χ2v) is 5.80. The van der Waals surface area contributed by atoms with Crippen LogP contribution in [0.2, 0.25) is 15.1 Å². The van der Waals surface area contributed by atoms with E-state index in [0.717, 1.165) is 24.9 Å². The summed E-state index contributed by atoms with van der Waals surface area (Å²) >= 11 is 18.1. The molecule has 0 saturated carbocycles. The van der Waals surface area contributed by atoms with E-state index < -0.39 is 0 Å². The number of benzene rings is 1. The number of halogens is 3. The van der Waals surface area contributed by atoms with Gasteiger partial charge >= 0.3 is 0 Å². The molecule has 1 aliphatic heterocycles. The molecular formula is C13H15Cl3N2O. The Balaban J connectivity index is 2.13. The average Bonchev–Trinajstić information content (AvgIpc) is 2.39. The Bertz CT molecular complexity index is 493. The summed E-state index contributed by atoms with van der Waals surface area (Å²) < 4.78 is 0. The van der Waals surface area contributed by atoms with E-state index in [1.54, 1.807) is 6.07 Å². The average molecular weight is 322 g/mol. The van der Waals surface area contributed by atoms with Crippen LogP contribution in [0.25, 0.3) is 0 Å². The number of piperidine rings is 1. The van der Waals surface area contributed by atoms with E-state index in [1.165, 1.54) is 0 Å². The van der Waals surface area contributed by atoms with Gasteiger partial charge in [0.05, 0.1) is 21.1 Å². The number of hydrogen-bond acceptors (Lipinski definition) is 2. The van der Waals surface area contributed by atoms with Crippen LogP contribution < -0.4 is 10.6 Å². The van der Waals surface area contributed by atoms with Gasteiger partial charge in [0.15, 0.2) is 0 Å². The molecule has 2 rings (SSSR count). The van der Waals surface area contributed by atoms with Crippen LogP contribution in [0.3, 0.4) is 0 Å². The summed E-state index contributed by atoms with van der Waals surface area (Å²) in [6.07, 6.45) is 1.81. The van der Waals surface area contributed by atoms with E-state index in [2.05, 4.69) is 10.6 Å². The fraction of sp³-hybridized carbons (Fsp3) is 0.462. The second-order valence-electron chi connectivity index (χ2n) is 4.64. The fourth-order valence-corrected chi connectivity index (χ4v) is 2.90. The van der Waals surface area contributed by atoms with Crippen molar-refractivity contribution in [2.24, 2.45) is 0 Å². The van der Waals surface area contributed by atoms with Crippen molar-refractivity contribution >= 4 is 40.7 Å². The Morgan fingerprint density at radius 2 is 2.05 bits per heavy atom. The molecule has 2 unspecified atom stereocenters. The molecule has 2 atom stereocenters. The predicted molar refractivity (Wildman–Crippen MR) is 79.1 cm³/mol. The van der Waals surface area contributed by atoms with E-state index in [9.17, 15) is 4.79 Å². The molecule has 0 radical (unpaired) electrons. The Kier molecular flexibility index (Phi) is 4.96. The summed E-state index contributed by atoms with van der Waals surface area (Å²) in [5.41, 5.74) is 0.842. The lowest BCUT2D eigenvalue weighted by Gasteiger charge is -2.27. The first kappa shape index (κ1) is 14.9. The highest BCUT2D eigenvalue weighted by Crippen LogP contribution is 2.35. The Morgan fingerprint density at radius 1 is 1.32 bits per heavy atom. The summed E-state index contributed by atoms with van der Waals surface area (Å²) in [7, 11) is 0. The van der Waals surface area contributed by atoms with Gasteiger partial charge < -0.3 is 5.32 Å². The van der Waals surface area contributed by atoms with Crippen molar-refractivity contribution in [3.8, 4) is 0 Å². The van der Waals surface area contributed by atoms with Crippen LogP contribution in [-0.4, -0.2) is 18.5 Å². The third-order valence-corrected chi connectivity index (χ3v) is 4.58. The summed E-state index contributed by atoms with van der Waals surface area (Å²) in [6.45, 7) is 2.70. The lowest BCUT2D eigenvalue weighted by molar-refractivity contribution is -0.124. The van der Waals surface area contributed by atoms with Crippen LogP contribution in [-0.2, 0) is 4.79 Å². The van der Waals surface area contributed by atoms with Crippen LogP contribution in [0, 0.1) is 0 Å². The summed E-state index contributed by atoms with van der Waals surface area (Å²) in [6, 6.07) is 3.28. The van der Waals surface area contributed by atoms with Crippen LogP contribution in [0.5, 0.6) is 0 Å². The minimum atomic E-state index is -0.186. The van der Waals surface area contributed by atoms with Crippen molar-refractivity contribution in [2.45, 2.75) is 31.8 Å². The first-order valence-electron chi connectivity index (χ1n) is 6.18. The van der Waals surface area contributed by atoms with Crippen LogP contribution in [0.1, 0.15) is 31.4 Å². The molecule has 0 spiro atoms. The third-order valence-electron chi connectivity index (χ3n) is 3.27. The molecule has 1 aromatic carbocycles. The summed E-state index contributed by atoms with van der Waals surface area (Å²) in [4.78, 5) is 11.7. The Labute approximate surface area is 127 Å². The lowest BCUT2D eigenvalue weighted by atomic mass is 10.0. The zero-order chi connectivity index (χ0) is 14.0. The van der Waals surface area contributed by atoms with Gasteiger partial charge in [0.2, 0.25) is 5.91 Å². The highest BCUT2D eigenvalue weighted by Gasteiger charge is 2.24. The van der Waals surface area contributed by atoms with Crippen molar-refractivity contribution in [1.29, 1.82) is 0 Å². The van der Waals surface area contributed by atoms with Crippen molar-refractivity contribution < 1.29 is 4.79 Å². The van der Waals surface area contributed by atoms with E-state index in [0.29, 0.717) is 15.1 Å². The van der Waals surface area contributed by atoms with Crippen LogP contribution >= 0.6 is 34.8 Å². The van der Waals surface area contributed by atoms with Gasteiger partial charge in [-0.05, 0) is 31.4 Å². The van der Waals surface area contributed by atoms with Crippen LogP contribution in [0.4, 0.5) is 0 Å². The van der Waals surface area contributed by atoms with Gasteiger partial charge in [-0.15, -0.1) is 0 Å². The molecule has 1 aliphatic rings. The molecule has 104 valence electrons. The van der Waals surface area contributed by atoms with E-state index in [-0.39, 0.29) is 18.0 Å². The van der Waals surface area contributed by atoms with Crippen molar-refractivity contribution in [1.82, 2.24) is 10.6 Å². The molecule has 1 saturated heterocycles. The van der Waals surface area contributed by atoms with E-state index in [1.807, 2.05) is 13.0 Å². The number of carbonyl (C=O) groups is 1. The standard InChI is InChI=1S/C13H15Cl3N2O/c1-7(18-10-3-2-6-17-13(10)19)8-4-5-9(14)12(16)11(8)15/h4-5,7,10,18H,2-3,6H2,1H3,(H,17,19). The molecule has 0 bridgehead atoms. The lowest BCUT2D eigenvalue weighted by Crippen LogP contribution is -2.48. The molecule has 1 amide bonds. The Hall–Kier alpha value is -0.480.